The Morgan fingerprint density at radius 3 is 3.00 bits per heavy atom. The van der Waals surface area contributed by atoms with Gasteiger partial charge in [-0.25, -0.2) is 0 Å². The SMILES string of the molecule is NC(=O)c1cccc(CNC2CCCC(O)C2)c1. The number of benzene rings is 1. The van der Waals surface area contributed by atoms with Gasteiger partial charge in [-0.05, 0) is 43.4 Å². The van der Waals surface area contributed by atoms with Gasteiger partial charge in [0.1, 0.15) is 0 Å². The third-order valence-corrected chi connectivity index (χ3v) is 3.45. The van der Waals surface area contributed by atoms with Gasteiger partial charge in [0.15, 0.2) is 0 Å². The zero-order valence-corrected chi connectivity index (χ0v) is 10.4. The van der Waals surface area contributed by atoms with Gasteiger partial charge in [-0.3, -0.25) is 4.79 Å². The Labute approximate surface area is 107 Å². The lowest BCUT2D eigenvalue weighted by molar-refractivity contribution is 0.1000. The fourth-order valence-corrected chi connectivity index (χ4v) is 2.45. The molecule has 0 aromatic heterocycles. The molecule has 1 amide bonds. The maximum atomic E-state index is 11.1. The first-order valence-electron chi connectivity index (χ1n) is 6.45. The van der Waals surface area contributed by atoms with Crippen LogP contribution in [0.3, 0.4) is 0 Å². The van der Waals surface area contributed by atoms with Gasteiger partial charge in [0, 0.05) is 18.2 Å². The van der Waals surface area contributed by atoms with E-state index in [-0.39, 0.29) is 6.10 Å². The van der Waals surface area contributed by atoms with Crippen LogP contribution in [0.5, 0.6) is 0 Å². The van der Waals surface area contributed by atoms with Crippen LogP contribution >= 0.6 is 0 Å². The number of hydrogen-bond donors (Lipinski definition) is 3. The molecule has 1 aliphatic rings. The molecule has 2 atom stereocenters. The highest BCUT2D eigenvalue weighted by Crippen LogP contribution is 2.18. The van der Waals surface area contributed by atoms with Crippen molar-refractivity contribution in [2.24, 2.45) is 5.73 Å². The van der Waals surface area contributed by atoms with Gasteiger partial charge in [-0.1, -0.05) is 12.1 Å². The van der Waals surface area contributed by atoms with E-state index >= 15 is 0 Å². The first kappa shape index (κ1) is 13.1. The summed E-state index contributed by atoms with van der Waals surface area (Å²) in [6, 6.07) is 7.71. The number of hydrogen-bond acceptors (Lipinski definition) is 3. The molecule has 18 heavy (non-hydrogen) atoms. The van der Waals surface area contributed by atoms with Crippen LogP contribution in [0.4, 0.5) is 0 Å². The molecule has 98 valence electrons. The maximum absolute atomic E-state index is 11.1. The van der Waals surface area contributed by atoms with Crippen molar-refractivity contribution in [2.45, 2.75) is 44.4 Å². The molecule has 0 heterocycles. The summed E-state index contributed by atoms with van der Waals surface area (Å²) >= 11 is 0. The highest BCUT2D eigenvalue weighted by molar-refractivity contribution is 5.92. The fraction of sp³-hybridized carbons (Fsp3) is 0.500. The first-order chi connectivity index (χ1) is 8.65. The van der Waals surface area contributed by atoms with E-state index in [9.17, 15) is 9.90 Å². The van der Waals surface area contributed by atoms with Crippen LogP contribution in [0.25, 0.3) is 0 Å². The van der Waals surface area contributed by atoms with Crippen LogP contribution in [-0.4, -0.2) is 23.2 Å². The van der Waals surface area contributed by atoms with E-state index in [0.717, 1.165) is 31.2 Å². The predicted octanol–water partition coefficient (Wildman–Crippen LogP) is 1.18. The molecule has 1 aromatic carbocycles. The third kappa shape index (κ3) is 3.55. The number of aliphatic hydroxyl groups excluding tert-OH is 1. The maximum Gasteiger partial charge on any atom is 0.248 e. The van der Waals surface area contributed by atoms with Crippen molar-refractivity contribution in [3.05, 3.63) is 35.4 Å². The fourth-order valence-electron chi connectivity index (χ4n) is 2.45. The van der Waals surface area contributed by atoms with Gasteiger partial charge in [-0.15, -0.1) is 0 Å². The quantitative estimate of drug-likeness (QED) is 0.749. The molecule has 1 saturated carbocycles. The normalized spacial score (nSPS) is 23.8. The molecule has 1 fully saturated rings. The van der Waals surface area contributed by atoms with Gasteiger partial charge >= 0.3 is 0 Å². The van der Waals surface area contributed by atoms with Crippen molar-refractivity contribution in [1.29, 1.82) is 0 Å². The Balaban J connectivity index is 1.89. The smallest absolute Gasteiger partial charge is 0.248 e. The van der Waals surface area contributed by atoms with Crippen LogP contribution in [0.15, 0.2) is 24.3 Å². The van der Waals surface area contributed by atoms with E-state index in [2.05, 4.69) is 5.32 Å². The molecule has 4 heteroatoms. The topological polar surface area (TPSA) is 75.4 Å². The Hall–Kier alpha value is -1.39. The Bertz CT molecular complexity index is 420. The van der Waals surface area contributed by atoms with Crippen molar-refractivity contribution >= 4 is 5.91 Å². The molecule has 4 nitrogen and oxygen atoms in total. The Morgan fingerprint density at radius 1 is 1.44 bits per heavy atom. The molecular weight excluding hydrogens is 228 g/mol. The minimum absolute atomic E-state index is 0.173. The van der Waals surface area contributed by atoms with Crippen molar-refractivity contribution in [1.82, 2.24) is 5.32 Å². The lowest BCUT2D eigenvalue weighted by Gasteiger charge is -2.26. The van der Waals surface area contributed by atoms with Crippen molar-refractivity contribution < 1.29 is 9.90 Å². The third-order valence-electron chi connectivity index (χ3n) is 3.45. The summed E-state index contributed by atoms with van der Waals surface area (Å²) in [6.07, 6.45) is 3.73. The standard InChI is InChI=1S/C14H20N2O2/c15-14(18)11-4-1-3-10(7-11)9-16-12-5-2-6-13(17)8-12/h1,3-4,7,12-13,16-17H,2,5-6,8-9H2,(H2,15,18). The summed E-state index contributed by atoms with van der Waals surface area (Å²) in [7, 11) is 0. The van der Waals surface area contributed by atoms with Crippen LogP contribution in [0.1, 0.15) is 41.6 Å². The van der Waals surface area contributed by atoms with E-state index in [1.165, 1.54) is 0 Å². The summed E-state index contributed by atoms with van der Waals surface area (Å²) < 4.78 is 0. The van der Waals surface area contributed by atoms with E-state index in [0.29, 0.717) is 18.2 Å². The number of carbonyl (C=O) groups is 1. The molecule has 2 unspecified atom stereocenters. The Kier molecular flexibility index (Phi) is 4.33. The number of carbonyl (C=O) groups excluding carboxylic acids is 1. The molecule has 4 N–H and O–H groups in total. The molecule has 0 aliphatic heterocycles. The average Bonchev–Trinajstić information content (AvgIpc) is 2.37. The zero-order chi connectivity index (χ0) is 13.0. The summed E-state index contributed by atoms with van der Waals surface area (Å²) in [5.41, 5.74) is 6.83. The number of amides is 1. The van der Waals surface area contributed by atoms with Crippen molar-refractivity contribution in [2.75, 3.05) is 0 Å². The molecule has 1 aliphatic carbocycles. The monoisotopic (exact) mass is 248 g/mol. The van der Waals surface area contributed by atoms with Gasteiger partial charge in [0.05, 0.1) is 6.10 Å². The van der Waals surface area contributed by atoms with E-state index in [4.69, 9.17) is 5.73 Å². The minimum Gasteiger partial charge on any atom is -0.393 e. The summed E-state index contributed by atoms with van der Waals surface area (Å²) in [5, 5.41) is 13.0. The minimum atomic E-state index is -0.398. The first-order valence-corrected chi connectivity index (χ1v) is 6.45. The van der Waals surface area contributed by atoms with Crippen LogP contribution in [0, 0.1) is 0 Å². The molecular formula is C14H20N2O2. The molecule has 2 rings (SSSR count). The summed E-state index contributed by atoms with van der Waals surface area (Å²) in [5.74, 6) is -0.398. The van der Waals surface area contributed by atoms with E-state index in [1.54, 1.807) is 6.07 Å². The van der Waals surface area contributed by atoms with Crippen molar-refractivity contribution in [3.63, 3.8) is 0 Å². The lowest BCUT2D eigenvalue weighted by atomic mass is 9.93. The highest BCUT2D eigenvalue weighted by Gasteiger charge is 2.19. The number of primary amides is 1. The summed E-state index contributed by atoms with van der Waals surface area (Å²) in [6.45, 7) is 0.707. The number of nitrogens with two attached hydrogens (primary N) is 1. The number of rotatable bonds is 4. The largest absolute Gasteiger partial charge is 0.393 e. The predicted molar refractivity (Wildman–Crippen MR) is 70.1 cm³/mol. The number of aliphatic hydroxyl groups is 1. The van der Waals surface area contributed by atoms with Crippen LogP contribution < -0.4 is 11.1 Å². The van der Waals surface area contributed by atoms with Gasteiger partial charge in [0.2, 0.25) is 5.91 Å². The van der Waals surface area contributed by atoms with Gasteiger partial charge in [-0.2, -0.15) is 0 Å². The average molecular weight is 248 g/mol. The second-order valence-corrected chi connectivity index (χ2v) is 4.96. The van der Waals surface area contributed by atoms with E-state index in [1.807, 2.05) is 18.2 Å². The van der Waals surface area contributed by atoms with Crippen molar-refractivity contribution in [3.8, 4) is 0 Å². The second kappa shape index (κ2) is 5.98. The highest BCUT2D eigenvalue weighted by atomic mass is 16.3. The lowest BCUT2D eigenvalue weighted by Crippen LogP contribution is -2.35. The van der Waals surface area contributed by atoms with Crippen LogP contribution in [0.2, 0.25) is 0 Å². The molecule has 0 radical (unpaired) electrons. The van der Waals surface area contributed by atoms with E-state index < -0.39 is 5.91 Å². The van der Waals surface area contributed by atoms with Gasteiger partial charge < -0.3 is 16.2 Å². The second-order valence-electron chi connectivity index (χ2n) is 4.96. The van der Waals surface area contributed by atoms with Gasteiger partial charge in [0.25, 0.3) is 0 Å². The summed E-state index contributed by atoms with van der Waals surface area (Å²) in [4.78, 5) is 11.1. The Morgan fingerprint density at radius 2 is 2.28 bits per heavy atom. The molecule has 1 aromatic rings. The molecule has 0 bridgehead atoms. The molecule has 0 saturated heterocycles. The molecule has 0 spiro atoms. The van der Waals surface area contributed by atoms with Crippen LogP contribution in [-0.2, 0) is 6.54 Å². The zero-order valence-electron chi connectivity index (χ0n) is 10.4. The number of nitrogens with one attached hydrogen (secondary N) is 1.